The maximum atomic E-state index is 10.6. The largest absolute Gasteiger partial charge is 0.491 e. The molecule has 0 aliphatic heterocycles. The molecule has 1 atom stereocenters. The van der Waals surface area contributed by atoms with Crippen LogP contribution in [-0.4, -0.2) is 28.0 Å². The van der Waals surface area contributed by atoms with E-state index in [0.717, 1.165) is 10.9 Å². The SMILES string of the molecule is O=C(O)C(Cl)COc1cccc2ncccc12. The van der Waals surface area contributed by atoms with E-state index in [0.29, 0.717) is 5.75 Å². The molecule has 1 heterocycles. The molecule has 0 saturated carbocycles. The molecule has 0 fully saturated rings. The summed E-state index contributed by atoms with van der Waals surface area (Å²) in [7, 11) is 0. The number of alkyl halides is 1. The van der Waals surface area contributed by atoms with Crippen LogP contribution < -0.4 is 4.74 Å². The fourth-order valence-corrected chi connectivity index (χ4v) is 1.50. The molecular formula is C12H10ClNO3. The van der Waals surface area contributed by atoms with E-state index in [4.69, 9.17) is 21.4 Å². The molecule has 0 amide bonds. The fraction of sp³-hybridized carbons (Fsp3) is 0.167. The first-order valence-electron chi connectivity index (χ1n) is 5.02. The number of halogens is 1. The summed E-state index contributed by atoms with van der Waals surface area (Å²) >= 11 is 5.58. The van der Waals surface area contributed by atoms with E-state index in [9.17, 15) is 4.79 Å². The molecule has 88 valence electrons. The number of carbonyl (C=O) groups is 1. The lowest BCUT2D eigenvalue weighted by Gasteiger charge is -2.10. The Morgan fingerprint density at radius 1 is 1.41 bits per heavy atom. The van der Waals surface area contributed by atoms with E-state index in [1.54, 1.807) is 24.4 Å². The number of rotatable bonds is 4. The second-order valence-corrected chi connectivity index (χ2v) is 3.97. The molecule has 1 unspecified atom stereocenters. The maximum Gasteiger partial charge on any atom is 0.325 e. The smallest absolute Gasteiger partial charge is 0.325 e. The predicted octanol–water partition coefficient (Wildman–Crippen LogP) is 2.31. The van der Waals surface area contributed by atoms with Crippen LogP contribution >= 0.6 is 11.6 Å². The first-order chi connectivity index (χ1) is 8.18. The van der Waals surface area contributed by atoms with Crippen LogP contribution in [0.4, 0.5) is 0 Å². The monoisotopic (exact) mass is 251 g/mol. The molecule has 2 aromatic rings. The van der Waals surface area contributed by atoms with E-state index in [-0.39, 0.29) is 6.61 Å². The average Bonchev–Trinajstić information content (AvgIpc) is 2.35. The number of carboxylic acid groups (broad SMARTS) is 1. The third-order valence-corrected chi connectivity index (χ3v) is 2.57. The quantitative estimate of drug-likeness (QED) is 0.847. The number of carboxylic acids is 1. The zero-order valence-corrected chi connectivity index (χ0v) is 9.59. The molecule has 0 aliphatic rings. The van der Waals surface area contributed by atoms with Crippen LogP contribution in [0.3, 0.4) is 0 Å². The van der Waals surface area contributed by atoms with Crippen LogP contribution in [0.25, 0.3) is 10.9 Å². The molecule has 0 radical (unpaired) electrons. The van der Waals surface area contributed by atoms with Crippen molar-refractivity contribution < 1.29 is 14.6 Å². The lowest BCUT2D eigenvalue weighted by Crippen LogP contribution is -2.21. The zero-order valence-electron chi connectivity index (χ0n) is 8.84. The maximum absolute atomic E-state index is 10.6. The standard InChI is InChI=1S/C12H10ClNO3/c13-9(12(15)16)7-17-11-5-1-4-10-8(11)3-2-6-14-10/h1-6,9H,7H2,(H,15,16). The van der Waals surface area contributed by atoms with E-state index >= 15 is 0 Å². The van der Waals surface area contributed by atoms with Crippen LogP contribution in [0.1, 0.15) is 0 Å². The molecule has 17 heavy (non-hydrogen) atoms. The van der Waals surface area contributed by atoms with Gasteiger partial charge in [0.2, 0.25) is 0 Å². The molecule has 1 aromatic carbocycles. The normalized spacial score (nSPS) is 12.3. The minimum absolute atomic E-state index is 0.0785. The first-order valence-corrected chi connectivity index (χ1v) is 5.45. The van der Waals surface area contributed by atoms with E-state index < -0.39 is 11.3 Å². The van der Waals surface area contributed by atoms with E-state index in [1.807, 2.05) is 12.1 Å². The summed E-state index contributed by atoms with van der Waals surface area (Å²) in [4.78, 5) is 14.7. The van der Waals surface area contributed by atoms with Gasteiger partial charge in [-0.25, -0.2) is 0 Å². The van der Waals surface area contributed by atoms with E-state index in [1.165, 1.54) is 0 Å². The molecule has 5 heteroatoms. The van der Waals surface area contributed by atoms with Gasteiger partial charge in [0.1, 0.15) is 12.4 Å². The lowest BCUT2D eigenvalue weighted by atomic mass is 10.2. The minimum Gasteiger partial charge on any atom is -0.491 e. The van der Waals surface area contributed by atoms with Gasteiger partial charge in [-0.3, -0.25) is 9.78 Å². The van der Waals surface area contributed by atoms with Crippen LogP contribution in [0, 0.1) is 0 Å². The summed E-state index contributed by atoms with van der Waals surface area (Å²) in [5.41, 5.74) is 0.798. The Hall–Kier alpha value is -1.81. The highest BCUT2D eigenvalue weighted by atomic mass is 35.5. The summed E-state index contributed by atoms with van der Waals surface area (Å²) in [5.74, 6) is -0.507. The van der Waals surface area contributed by atoms with Gasteiger partial charge in [-0.05, 0) is 24.3 Å². The van der Waals surface area contributed by atoms with Crippen LogP contribution in [-0.2, 0) is 4.79 Å². The van der Waals surface area contributed by atoms with Crippen molar-refractivity contribution in [2.45, 2.75) is 5.38 Å². The lowest BCUT2D eigenvalue weighted by molar-refractivity contribution is -0.137. The Labute approximate surface area is 103 Å². The Morgan fingerprint density at radius 3 is 3.00 bits per heavy atom. The van der Waals surface area contributed by atoms with Crippen molar-refractivity contribution >= 4 is 28.5 Å². The Kier molecular flexibility index (Phi) is 3.44. The second-order valence-electron chi connectivity index (χ2n) is 3.44. The van der Waals surface area contributed by atoms with Gasteiger partial charge in [-0.15, -0.1) is 11.6 Å². The van der Waals surface area contributed by atoms with Crippen molar-refractivity contribution in [1.82, 2.24) is 4.98 Å². The van der Waals surface area contributed by atoms with Gasteiger partial charge < -0.3 is 9.84 Å². The van der Waals surface area contributed by atoms with Gasteiger partial charge in [-0.1, -0.05) is 6.07 Å². The third kappa shape index (κ3) is 2.65. The van der Waals surface area contributed by atoms with Crippen molar-refractivity contribution in [2.24, 2.45) is 0 Å². The van der Waals surface area contributed by atoms with Crippen molar-refractivity contribution in [3.63, 3.8) is 0 Å². The molecule has 1 aromatic heterocycles. The molecule has 0 saturated heterocycles. The molecule has 0 spiro atoms. The van der Waals surface area contributed by atoms with Crippen molar-refractivity contribution in [3.05, 3.63) is 36.5 Å². The van der Waals surface area contributed by atoms with Crippen LogP contribution in [0.15, 0.2) is 36.5 Å². The number of hydrogen-bond donors (Lipinski definition) is 1. The third-order valence-electron chi connectivity index (χ3n) is 2.26. The highest BCUT2D eigenvalue weighted by Crippen LogP contribution is 2.23. The number of pyridine rings is 1. The summed E-state index contributed by atoms with van der Waals surface area (Å²) in [5, 5.41) is 8.43. The highest BCUT2D eigenvalue weighted by Gasteiger charge is 2.14. The van der Waals surface area contributed by atoms with Gasteiger partial charge in [0.05, 0.1) is 5.52 Å². The number of aliphatic carboxylic acids is 1. The summed E-state index contributed by atoms with van der Waals surface area (Å²) < 4.78 is 5.39. The Balaban J connectivity index is 2.21. The second kappa shape index (κ2) is 5.01. The molecule has 2 rings (SSSR count). The zero-order chi connectivity index (χ0) is 12.3. The van der Waals surface area contributed by atoms with Gasteiger partial charge >= 0.3 is 5.97 Å². The van der Waals surface area contributed by atoms with Crippen molar-refractivity contribution in [2.75, 3.05) is 6.61 Å². The summed E-state index contributed by atoms with van der Waals surface area (Å²) in [6.07, 6.45) is 1.69. The Morgan fingerprint density at radius 2 is 2.24 bits per heavy atom. The summed E-state index contributed by atoms with van der Waals surface area (Å²) in [6, 6.07) is 9.08. The van der Waals surface area contributed by atoms with Crippen molar-refractivity contribution in [1.29, 1.82) is 0 Å². The molecule has 1 N–H and O–H groups in total. The van der Waals surface area contributed by atoms with E-state index in [2.05, 4.69) is 4.98 Å². The Bertz CT molecular complexity index is 539. The van der Waals surface area contributed by atoms with Gasteiger partial charge in [-0.2, -0.15) is 0 Å². The van der Waals surface area contributed by atoms with Crippen LogP contribution in [0.5, 0.6) is 5.75 Å². The molecule has 4 nitrogen and oxygen atoms in total. The average molecular weight is 252 g/mol. The molecular weight excluding hydrogens is 242 g/mol. The minimum atomic E-state index is -1.09. The van der Waals surface area contributed by atoms with Gasteiger partial charge in [0.15, 0.2) is 5.38 Å². The first kappa shape index (κ1) is 11.7. The fourth-order valence-electron chi connectivity index (χ4n) is 1.44. The molecule has 0 bridgehead atoms. The number of fused-ring (bicyclic) bond motifs is 1. The van der Waals surface area contributed by atoms with Gasteiger partial charge in [0.25, 0.3) is 0 Å². The predicted molar refractivity (Wildman–Crippen MR) is 64.5 cm³/mol. The number of ether oxygens (including phenoxy) is 1. The van der Waals surface area contributed by atoms with Crippen molar-refractivity contribution in [3.8, 4) is 5.75 Å². The van der Waals surface area contributed by atoms with Crippen LogP contribution in [0.2, 0.25) is 0 Å². The number of benzene rings is 1. The summed E-state index contributed by atoms with van der Waals surface area (Å²) in [6.45, 7) is -0.0785. The highest BCUT2D eigenvalue weighted by molar-refractivity contribution is 6.29. The topological polar surface area (TPSA) is 59.4 Å². The molecule has 0 aliphatic carbocycles. The number of hydrogen-bond acceptors (Lipinski definition) is 3. The number of nitrogens with zero attached hydrogens (tertiary/aromatic N) is 1. The van der Waals surface area contributed by atoms with Gasteiger partial charge in [0, 0.05) is 11.6 Å². The number of aromatic nitrogens is 1.